The molecule has 0 aromatic heterocycles. The smallest absolute Gasteiger partial charge is 0.200 e. The van der Waals surface area contributed by atoms with E-state index in [0.717, 1.165) is 43.9 Å². The summed E-state index contributed by atoms with van der Waals surface area (Å²) in [5.74, 6) is 0.924. The lowest BCUT2D eigenvalue weighted by Crippen LogP contribution is -1.99. The van der Waals surface area contributed by atoms with Crippen molar-refractivity contribution in [2.24, 2.45) is 0 Å². The molecule has 3 heteroatoms. The van der Waals surface area contributed by atoms with Crippen LogP contribution in [0.4, 0.5) is 0 Å². The lowest BCUT2D eigenvalue weighted by Gasteiger charge is -2.12. The van der Waals surface area contributed by atoms with Crippen LogP contribution in [0.5, 0.6) is 5.75 Å². The molecular weight excluding hydrogens is 328 g/mol. The Morgan fingerprint density at radius 3 is 2.64 bits per heavy atom. The minimum atomic E-state index is 0.0926. The molecule has 0 bridgehead atoms. The van der Waals surface area contributed by atoms with Crippen molar-refractivity contribution in [1.29, 1.82) is 0 Å². The summed E-state index contributed by atoms with van der Waals surface area (Å²) in [5, 5.41) is 2.25. The Hall–Kier alpha value is -2.52. The van der Waals surface area contributed by atoms with Crippen LogP contribution in [0.15, 0.2) is 70.5 Å². The fourth-order valence-corrected chi connectivity index (χ4v) is 4.06. The van der Waals surface area contributed by atoms with Gasteiger partial charge in [-0.25, -0.2) is 0 Å². The Morgan fingerprint density at radius 2 is 1.80 bits per heavy atom. The zero-order valence-electron chi connectivity index (χ0n) is 14.0. The van der Waals surface area contributed by atoms with E-state index in [-0.39, 0.29) is 5.78 Å². The van der Waals surface area contributed by atoms with Crippen molar-refractivity contribution >= 4 is 34.4 Å². The molecule has 0 atom stereocenters. The van der Waals surface area contributed by atoms with Crippen LogP contribution in [0.3, 0.4) is 0 Å². The summed E-state index contributed by atoms with van der Waals surface area (Å²) >= 11 is 1.54. The number of carbonyl (C=O) groups excluding carboxylic acids is 1. The van der Waals surface area contributed by atoms with Crippen molar-refractivity contribution in [2.75, 3.05) is 6.61 Å². The van der Waals surface area contributed by atoms with Gasteiger partial charge in [0.25, 0.3) is 0 Å². The zero-order chi connectivity index (χ0) is 17.2. The molecule has 1 aliphatic rings. The van der Waals surface area contributed by atoms with E-state index >= 15 is 0 Å². The van der Waals surface area contributed by atoms with Crippen LogP contribution in [0.25, 0.3) is 16.8 Å². The van der Waals surface area contributed by atoms with E-state index < -0.39 is 0 Å². The maximum absolute atomic E-state index is 12.7. The van der Waals surface area contributed by atoms with Crippen LogP contribution in [0.1, 0.15) is 29.3 Å². The second-order valence-electron chi connectivity index (χ2n) is 5.98. The molecule has 4 rings (SSSR count). The molecular formula is C22H18O2S. The molecule has 0 unspecified atom stereocenters. The quantitative estimate of drug-likeness (QED) is 0.545. The number of allylic oxidation sites excluding steroid dienone is 1. The van der Waals surface area contributed by atoms with Gasteiger partial charge < -0.3 is 4.74 Å². The average Bonchev–Trinajstić information content (AvgIpc) is 2.97. The first-order valence-electron chi connectivity index (χ1n) is 8.46. The van der Waals surface area contributed by atoms with E-state index in [1.54, 1.807) is 0 Å². The molecule has 3 aromatic carbocycles. The van der Waals surface area contributed by atoms with Gasteiger partial charge in [-0.05, 0) is 41.5 Å². The van der Waals surface area contributed by atoms with Crippen LogP contribution in [-0.4, -0.2) is 12.4 Å². The van der Waals surface area contributed by atoms with Crippen molar-refractivity contribution in [3.05, 3.63) is 76.7 Å². The summed E-state index contributed by atoms with van der Waals surface area (Å²) in [7, 11) is 0. The third kappa shape index (κ3) is 2.96. The fraction of sp³-hybridized carbons (Fsp3) is 0.136. The number of fused-ring (bicyclic) bond motifs is 2. The molecule has 25 heavy (non-hydrogen) atoms. The van der Waals surface area contributed by atoms with Gasteiger partial charge in [0.1, 0.15) is 5.75 Å². The number of Topliss-reactive ketones (excluding diaryl/α,β-unsaturated/α-hetero) is 1. The lowest BCUT2D eigenvalue weighted by molar-refractivity contribution is 0.104. The molecule has 0 aliphatic carbocycles. The van der Waals surface area contributed by atoms with Gasteiger partial charge in [-0.2, -0.15) is 0 Å². The summed E-state index contributed by atoms with van der Waals surface area (Å²) in [4.78, 5) is 14.5. The number of rotatable bonds is 4. The second kappa shape index (κ2) is 6.77. The Morgan fingerprint density at radius 1 is 1.00 bits per heavy atom. The molecule has 1 heterocycles. The molecule has 0 fully saturated rings. The minimum Gasteiger partial charge on any atom is -0.493 e. The van der Waals surface area contributed by atoms with Gasteiger partial charge in [-0.15, -0.1) is 0 Å². The van der Waals surface area contributed by atoms with Crippen molar-refractivity contribution in [1.82, 2.24) is 0 Å². The van der Waals surface area contributed by atoms with E-state index in [2.05, 4.69) is 25.1 Å². The summed E-state index contributed by atoms with van der Waals surface area (Å²) in [6.45, 7) is 2.75. The predicted molar refractivity (Wildman–Crippen MR) is 104 cm³/mol. The second-order valence-corrected chi connectivity index (χ2v) is 7.07. The number of thioether (sulfide) groups is 1. The van der Waals surface area contributed by atoms with E-state index in [0.29, 0.717) is 6.61 Å². The molecule has 2 nitrogen and oxygen atoms in total. The number of ketones is 1. The summed E-state index contributed by atoms with van der Waals surface area (Å²) in [6.07, 6.45) is 2.93. The van der Waals surface area contributed by atoms with E-state index in [4.69, 9.17) is 4.74 Å². The Balaban J connectivity index is 1.84. The topological polar surface area (TPSA) is 26.3 Å². The molecule has 0 saturated heterocycles. The Kier molecular flexibility index (Phi) is 4.33. The maximum Gasteiger partial charge on any atom is 0.200 e. The molecule has 124 valence electrons. The molecule has 3 aromatic rings. The third-order valence-electron chi connectivity index (χ3n) is 4.24. The van der Waals surface area contributed by atoms with Crippen LogP contribution >= 0.6 is 11.8 Å². The zero-order valence-corrected chi connectivity index (χ0v) is 14.8. The highest BCUT2D eigenvalue weighted by atomic mass is 32.2. The van der Waals surface area contributed by atoms with Gasteiger partial charge in [0.15, 0.2) is 0 Å². The Labute approximate surface area is 151 Å². The largest absolute Gasteiger partial charge is 0.493 e. The summed E-state index contributed by atoms with van der Waals surface area (Å²) < 4.78 is 5.95. The van der Waals surface area contributed by atoms with Crippen LogP contribution in [0.2, 0.25) is 0 Å². The first-order chi connectivity index (χ1) is 12.3. The van der Waals surface area contributed by atoms with Crippen molar-refractivity contribution in [2.45, 2.75) is 18.2 Å². The average molecular weight is 346 g/mol. The highest BCUT2D eigenvalue weighted by Gasteiger charge is 2.25. The monoisotopic (exact) mass is 346 g/mol. The maximum atomic E-state index is 12.7. The number of hydrogen-bond donors (Lipinski definition) is 0. The molecule has 0 N–H and O–H groups in total. The SMILES string of the molecule is CCCOc1ccc2ccccc2c1/C=C1/Sc2ccccc2C1=O. The van der Waals surface area contributed by atoms with Crippen LogP contribution in [0, 0.1) is 0 Å². The number of hydrogen-bond acceptors (Lipinski definition) is 3. The first-order valence-corrected chi connectivity index (χ1v) is 9.27. The number of benzene rings is 3. The standard InChI is InChI=1S/C22H18O2S/c1-2-13-24-19-12-11-15-7-3-4-8-16(15)18(19)14-21-22(23)17-9-5-6-10-20(17)25-21/h3-12,14H,2,13H2,1H3/b21-14+. The number of carbonyl (C=O) groups is 1. The van der Waals surface area contributed by atoms with Gasteiger partial charge >= 0.3 is 0 Å². The fourth-order valence-electron chi connectivity index (χ4n) is 3.03. The highest BCUT2D eigenvalue weighted by Crippen LogP contribution is 2.42. The highest BCUT2D eigenvalue weighted by molar-refractivity contribution is 8.04. The van der Waals surface area contributed by atoms with Crippen LogP contribution < -0.4 is 4.74 Å². The van der Waals surface area contributed by atoms with Gasteiger partial charge in [0, 0.05) is 16.0 Å². The molecule has 0 amide bonds. The van der Waals surface area contributed by atoms with Gasteiger partial charge in [0.05, 0.1) is 11.5 Å². The molecule has 0 saturated carbocycles. The van der Waals surface area contributed by atoms with Crippen molar-refractivity contribution in [3.8, 4) is 5.75 Å². The number of ether oxygens (including phenoxy) is 1. The molecule has 1 aliphatic heterocycles. The lowest BCUT2D eigenvalue weighted by atomic mass is 10.0. The Bertz CT molecular complexity index is 988. The van der Waals surface area contributed by atoms with Gasteiger partial charge in [-0.3, -0.25) is 4.79 Å². The van der Waals surface area contributed by atoms with E-state index in [1.807, 2.05) is 48.5 Å². The third-order valence-corrected chi connectivity index (χ3v) is 5.34. The van der Waals surface area contributed by atoms with Gasteiger partial charge in [-0.1, -0.05) is 61.2 Å². The van der Waals surface area contributed by atoms with Crippen LogP contribution in [-0.2, 0) is 0 Å². The molecule has 0 spiro atoms. The summed E-state index contributed by atoms with van der Waals surface area (Å²) in [6, 6.07) is 20.0. The normalized spacial score (nSPS) is 14.9. The summed E-state index contributed by atoms with van der Waals surface area (Å²) in [5.41, 5.74) is 1.77. The van der Waals surface area contributed by atoms with E-state index in [1.165, 1.54) is 11.8 Å². The predicted octanol–water partition coefficient (Wildman–Crippen LogP) is 5.96. The minimum absolute atomic E-state index is 0.0926. The van der Waals surface area contributed by atoms with Crippen molar-refractivity contribution < 1.29 is 9.53 Å². The first kappa shape index (κ1) is 16.0. The van der Waals surface area contributed by atoms with Crippen molar-refractivity contribution in [3.63, 3.8) is 0 Å². The van der Waals surface area contributed by atoms with E-state index in [9.17, 15) is 4.79 Å². The molecule has 0 radical (unpaired) electrons. The van der Waals surface area contributed by atoms with Gasteiger partial charge in [0.2, 0.25) is 5.78 Å².